The van der Waals surface area contributed by atoms with Gasteiger partial charge in [-0.3, -0.25) is 14.2 Å². The van der Waals surface area contributed by atoms with Crippen LogP contribution in [-0.2, 0) is 11.3 Å². The first-order chi connectivity index (χ1) is 11.9. The molecule has 2 heterocycles. The number of nitrogens with one attached hydrogen (secondary N) is 1. The summed E-state index contributed by atoms with van der Waals surface area (Å²) in [6.45, 7) is 4.15. The van der Waals surface area contributed by atoms with Crippen molar-refractivity contribution >= 4 is 34.8 Å². The molecule has 0 saturated heterocycles. The van der Waals surface area contributed by atoms with Crippen LogP contribution in [0, 0.1) is 6.92 Å². The lowest BCUT2D eigenvalue weighted by molar-refractivity contribution is -0.119. The Morgan fingerprint density at radius 2 is 1.96 bits per heavy atom. The van der Waals surface area contributed by atoms with Gasteiger partial charge < -0.3 is 5.32 Å². The summed E-state index contributed by atoms with van der Waals surface area (Å²) in [4.78, 5) is 12.4. The quantitative estimate of drug-likeness (QED) is 0.731. The number of anilines is 1. The summed E-state index contributed by atoms with van der Waals surface area (Å²) in [6.07, 6.45) is 5.04. The smallest absolute Gasteiger partial charge is 0.249 e. The van der Waals surface area contributed by atoms with Crippen LogP contribution in [0.4, 0.5) is 5.69 Å². The molecule has 0 bridgehead atoms. The number of amides is 1. The van der Waals surface area contributed by atoms with E-state index >= 15 is 0 Å². The van der Waals surface area contributed by atoms with Gasteiger partial charge in [-0.1, -0.05) is 35.3 Å². The van der Waals surface area contributed by atoms with Crippen LogP contribution < -0.4 is 5.32 Å². The maximum atomic E-state index is 12.4. The van der Waals surface area contributed by atoms with Crippen LogP contribution in [-0.4, -0.2) is 25.5 Å². The summed E-state index contributed by atoms with van der Waals surface area (Å²) in [6, 6.07) is 7.07. The van der Waals surface area contributed by atoms with Crippen LogP contribution in [0.3, 0.4) is 0 Å². The molecule has 0 aliphatic carbocycles. The number of hydrogen-bond donors (Lipinski definition) is 1. The average Bonchev–Trinajstić information content (AvgIpc) is 3.15. The van der Waals surface area contributed by atoms with Crippen LogP contribution >= 0.6 is 23.2 Å². The zero-order valence-corrected chi connectivity index (χ0v) is 15.3. The van der Waals surface area contributed by atoms with Crippen LogP contribution in [0.15, 0.2) is 42.9 Å². The van der Waals surface area contributed by atoms with E-state index in [0.29, 0.717) is 28.0 Å². The largest absolute Gasteiger partial charge is 0.322 e. The SMILES string of the molecule is Cc1nn(C(C)C(=O)Nc2cnn(Cc3ccc(Cl)cc3)c2)cc1Cl. The average molecular weight is 378 g/mol. The lowest BCUT2D eigenvalue weighted by atomic mass is 10.2. The van der Waals surface area contributed by atoms with Crippen molar-refractivity contribution in [3.8, 4) is 0 Å². The van der Waals surface area contributed by atoms with Gasteiger partial charge in [0.1, 0.15) is 6.04 Å². The van der Waals surface area contributed by atoms with Crippen molar-refractivity contribution in [1.29, 1.82) is 0 Å². The number of nitrogens with zero attached hydrogens (tertiary/aromatic N) is 4. The molecule has 3 aromatic rings. The van der Waals surface area contributed by atoms with Gasteiger partial charge in [0.2, 0.25) is 5.91 Å². The van der Waals surface area contributed by atoms with Gasteiger partial charge >= 0.3 is 0 Å². The monoisotopic (exact) mass is 377 g/mol. The Morgan fingerprint density at radius 1 is 1.24 bits per heavy atom. The summed E-state index contributed by atoms with van der Waals surface area (Å²) in [5.41, 5.74) is 2.39. The maximum Gasteiger partial charge on any atom is 0.249 e. The van der Waals surface area contributed by atoms with Gasteiger partial charge in [-0.2, -0.15) is 10.2 Å². The van der Waals surface area contributed by atoms with Crippen molar-refractivity contribution in [1.82, 2.24) is 19.6 Å². The van der Waals surface area contributed by atoms with Gasteiger partial charge in [-0.15, -0.1) is 0 Å². The zero-order valence-electron chi connectivity index (χ0n) is 13.8. The molecule has 3 rings (SSSR count). The van der Waals surface area contributed by atoms with E-state index in [9.17, 15) is 4.79 Å². The van der Waals surface area contributed by atoms with Crippen LogP contribution in [0.5, 0.6) is 0 Å². The highest BCUT2D eigenvalue weighted by molar-refractivity contribution is 6.31. The second-order valence-electron chi connectivity index (χ2n) is 5.76. The fourth-order valence-electron chi connectivity index (χ4n) is 2.32. The molecule has 1 aromatic carbocycles. The second-order valence-corrected chi connectivity index (χ2v) is 6.60. The third-order valence-electron chi connectivity index (χ3n) is 3.79. The Balaban J connectivity index is 1.64. The first-order valence-electron chi connectivity index (χ1n) is 7.71. The highest BCUT2D eigenvalue weighted by Gasteiger charge is 2.17. The van der Waals surface area contributed by atoms with Crippen molar-refractivity contribution in [3.05, 3.63) is 64.2 Å². The highest BCUT2D eigenvalue weighted by Crippen LogP contribution is 2.17. The van der Waals surface area contributed by atoms with Gasteiger partial charge in [0, 0.05) is 17.4 Å². The molecule has 0 saturated carbocycles. The molecule has 130 valence electrons. The molecule has 25 heavy (non-hydrogen) atoms. The number of aromatic nitrogens is 4. The van der Waals surface area contributed by atoms with E-state index in [1.54, 1.807) is 41.8 Å². The van der Waals surface area contributed by atoms with Gasteiger partial charge in [0.05, 0.1) is 29.1 Å². The van der Waals surface area contributed by atoms with Gasteiger partial charge in [0.15, 0.2) is 0 Å². The molecule has 8 heteroatoms. The molecule has 0 aliphatic heterocycles. The molecule has 0 spiro atoms. The topological polar surface area (TPSA) is 64.7 Å². The Hall–Kier alpha value is -2.31. The first-order valence-corrected chi connectivity index (χ1v) is 8.47. The van der Waals surface area contributed by atoms with E-state index in [1.807, 2.05) is 24.3 Å². The fourth-order valence-corrected chi connectivity index (χ4v) is 2.58. The summed E-state index contributed by atoms with van der Waals surface area (Å²) < 4.78 is 3.30. The number of halogens is 2. The molecule has 1 unspecified atom stereocenters. The predicted molar refractivity (Wildman–Crippen MR) is 98.1 cm³/mol. The normalized spacial score (nSPS) is 12.2. The lowest BCUT2D eigenvalue weighted by Gasteiger charge is -2.11. The number of benzene rings is 1. The van der Waals surface area contributed by atoms with Crippen LogP contribution in [0.1, 0.15) is 24.2 Å². The van der Waals surface area contributed by atoms with Gasteiger partial charge in [-0.25, -0.2) is 0 Å². The highest BCUT2D eigenvalue weighted by atomic mass is 35.5. The Labute approximate surface area is 155 Å². The van der Waals surface area contributed by atoms with E-state index in [0.717, 1.165) is 5.56 Å². The van der Waals surface area contributed by atoms with Crippen molar-refractivity contribution in [2.24, 2.45) is 0 Å². The van der Waals surface area contributed by atoms with E-state index < -0.39 is 6.04 Å². The molecule has 1 amide bonds. The van der Waals surface area contributed by atoms with Gasteiger partial charge in [0.25, 0.3) is 0 Å². The van der Waals surface area contributed by atoms with E-state index in [1.165, 1.54) is 0 Å². The molecule has 1 N–H and O–H groups in total. The van der Waals surface area contributed by atoms with Crippen molar-refractivity contribution in [2.75, 3.05) is 5.32 Å². The molecule has 0 fully saturated rings. The summed E-state index contributed by atoms with van der Waals surface area (Å²) in [5, 5.41) is 12.6. The third kappa shape index (κ3) is 4.21. The summed E-state index contributed by atoms with van der Waals surface area (Å²) in [5.74, 6) is -0.190. The number of hydrogen-bond acceptors (Lipinski definition) is 3. The van der Waals surface area contributed by atoms with Gasteiger partial charge in [-0.05, 0) is 31.5 Å². The molecule has 2 aromatic heterocycles. The summed E-state index contributed by atoms with van der Waals surface area (Å²) in [7, 11) is 0. The van der Waals surface area contributed by atoms with Crippen molar-refractivity contribution in [3.63, 3.8) is 0 Å². The molecular formula is C17H17Cl2N5O. The molecule has 0 aliphatic rings. The fraction of sp³-hybridized carbons (Fsp3) is 0.235. The number of carbonyl (C=O) groups excluding carboxylic acids is 1. The molecule has 6 nitrogen and oxygen atoms in total. The Bertz CT molecular complexity index is 865. The van der Waals surface area contributed by atoms with E-state index in [-0.39, 0.29) is 5.91 Å². The minimum atomic E-state index is -0.481. The Morgan fingerprint density at radius 3 is 2.60 bits per heavy atom. The molecule has 1 atom stereocenters. The van der Waals surface area contributed by atoms with E-state index in [4.69, 9.17) is 23.2 Å². The number of rotatable bonds is 5. The maximum absolute atomic E-state index is 12.4. The predicted octanol–water partition coefficient (Wildman–Crippen LogP) is 3.94. The van der Waals surface area contributed by atoms with Crippen LogP contribution in [0.25, 0.3) is 0 Å². The standard InChI is InChI=1S/C17H17Cl2N5O/c1-11-16(19)10-24(22-11)12(2)17(25)21-15-7-20-23(9-15)8-13-3-5-14(18)6-4-13/h3-7,9-10,12H,8H2,1-2H3,(H,21,25). The zero-order chi connectivity index (χ0) is 18.0. The third-order valence-corrected chi connectivity index (χ3v) is 4.41. The van der Waals surface area contributed by atoms with Crippen molar-refractivity contribution < 1.29 is 4.79 Å². The van der Waals surface area contributed by atoms with Crippen molar-refractivity contribution in [2.45, 2.75) is 26.4 Å². The number of aryl methyl sites for hydroxylation is 1. The van der Waals surface area contributed by atoms with E-state index in [2.05, 4.69) is 15.5 Å². The number of carbonyl (C=O) groups is 1. The van der Waals surface area contributed by atoms with Crippen LogP contribution in [0.2, 0.25) is 10.0 Å². The first kappa shape index (κ1) is 17.5. The Kier molecular flexibility index (Phi) is 5.11. The minimum Gasteiger partial charge on any atom is -0.322 e. The second kappa shape index (κ2) is 7.29. The summed E-state index contributed by atoms with van der Waals surface area (Å²) >= 11 is 11.9. The molecular weight excluding hydrogens is 361 g/mol. The lowest BCUT2D eigenvalue weighted by Crippen LogP contribution is -2.23. The molecule has 0 radical (unpaired) electrons. The minimum absolute atomic E-state index is 0.190.